The molecule has 1 aliphatic heterocycles. The van der Waals surface area contributed by atoms with Crippen molar-refractivity contribution in [2.45, 2.75) is 6.42 Å². The third-order valence-corrected chi connectivity index (χ3v) is 2.22. The average Bonchev–Trinajstić information content (AvgIpc) is 2.71. The van der Waals surface area contributed by atoms with Gasteiger partial charge in [0, 0.05) is 19.2 Å². The summed E-state index contributed by atoms with van der Waals surface area (Å²) in [6, 6.07) is 3.18. The molecule has 0 unspecified atom stereocenters. The molecular formula is C9H10N3O2. The third kappa shape index (κ3) is 1.66. The van der Waals surface area contributed by atoms with E-state index in [1.807, 2.05) is 0 Å². The smallest absolute Gasteiger partial charge is 0.287 e. The fraction of sp³-hybridized carbons (Fsp3) is 0.333. The Morgan fingerprint density at radius 3 is 2.86 bits per heavy atom. The van der Waals surface area contributed by atoms with Crippen molar-refractivity contribution < 1.29 is 4.92 Å². The zero-order valence-electron chi connectivity index (χ0n) is 7.59. The second-order valence-electron chi connectivity index (χ2n) is 3.16. The molecule has 0 N–H and O–H groups in total. The Bertz CT molecular complexity index is 330. The summed E-state index contributed by atoms with van der Waals surface area (Å²) in [6.45, 7) is 1.83. The summed E-state index contributed by atoms with van der Waals surface area (Å²) in [4.78, 5) is 16.1. The summed E-state index contributed by atoms with van der Waals surface area (Å²) in [5.41, 5.74) is 0.0388. The molecule has 5 nitrogen and oxygen atoms in total. The lowest BCUT2D eigenvalue weighted by Crippen LogP contribution is -2.18. The van der Waals surface area contributed by atoms with Crippen molar-refractivity contribution in [1.29, 1.82) is 0 Å². The zero-order chi connectivity index (χ0) is 9.97. The van der Waals surface area contributed by atoms with Crippen molar-refractivity contribution in [3.05, 3.63) is 34.9 Å². The van der Waals surface area contributed by atoms with Crippen LogP contribution in [0.4, 0.5) is 11.5 Å². The number of aromatic nitrogens is 1. The first-order valence-corrected chi connectivity index (χ1v) is 4.44. The van der Waals surface area contributed by atoms with Crippen LogP contribution in [-0.2, 0) is 0 Å². The van der Waals surface area contributed by atoms with E-state index in [0.29, 0.717) is 0 Å². The zero-order valence-corrected chi connectivity index (χ0v) is 7.59. The molecule has 5 heteroatoms. The fourth-order valence-electron chi connectivity index (χ4n) is 1.47. The van der Waals surface area contributed by atoms with Gasteiger partial charge in [-0.05, 0) is 18.9 Å². The molecule has 0 aliphatic carbocycles. The number of pyridine rings is 1. The molecule has 1 fully saturated rings. The van der Waals surface area contributed by atoms with Crippen LogP contribution in [-0.4, -0.2) is 23.0 Å². The molecule has 0 amide bonds. The minimum atomic E-state index is -0.438. The first-order valence-electron chi connectivity index (χ1n) is 4.44. The van der Waals surface area contributed by atoms with E-state index in [0.717, 1.165) is 25.3 Å². The molecular weight excluding hydrogens is 182 g/mol. The maximum Gasteiger partial charge on any atom is 0.287 e. The molecule has 0 saturated carbocycles. The summed E-state index contributed by atoms with van der Waals surface area (Å²) in [7, 11) is 0. The van der Waals surface area contributed by atoms with Gasteiger partial charge in [-0.1, -0.05) is 0 Å². The highest BCUT2D eigenvalue weighted by Crippen LogP contribution is 2.19. The molecule has 1 aliphatic rings. The van der Waals surface area contributed by atoms with Crippen molar-refractivity contribution in [3.63, 3.8) is 0 Å². The summed E-state index contributed by atoms with van der Waals surface area (Å²) < 4.78 is 0. The minimum absolute atomic E-state index is 0.0388. The normalized spacial score (nSPS) is 15.9. The van der Waals surface area contributed by atoms with E-state index < -0.39 is 4.92 Å². The SMILES string of the molecule is O=[N+]([O-])c1ccc(N2C[CH]CC2)nc1. The van der Waals surface area contributed by atoms with Crippen LogP contribution in [0.1, 0.15) is 6.42 Å². The van der Waals surface area contributed by atoms with Crippen LogP contribution >= 0.6 is 0 Å². The van der Waals surface area contributed by atoms with Gasteiger partial charge in [0.1, 0.15) is 12.0 Å². The van der Waals surface area contributed by atoms with Gasteiger partial charge in [0.2, 0.25) is 0 Å². The highest BCUT2D eigenvalue weighted by Gasteiger charge is 2.14. The van der Waals surface area contributed by atoms with Crippen LogP contribution in [0.5, 0.6) is 0 Å². The molecule has 1 aromatic heterocycles. The lowest BCUT2D eigenvalue weighted by molar-refractivity contribution is -0.385. The van der Waals surface area contributed by atoms with Gasteiger partial charge in [0.15, 0.2) is 0 Å². The molecule has 0 aromatic carbocycles. The largest absolute Gasteiger partial charge is 0.356 e. The van der Waals surface area contributed by atoms with Gasteiger partial charge in [0.25, 0.3) is 5.69 Å². The van der Waals surface area contributed by atoms with Crippen molar-refractivity contribution in [1.82, 2.24) is 4.98 Å². The van der Waals surface area contributed by atoms with Crippen molar-refractivity contribution in [3.8, 4) is 0 Å². The monoisotopic (exact) mass is 192 g/mol. The summed E-state index contributed by atoms with van der Waals surface area (Å²) >= 11 is 0. The molecule has 14 heavy (non-hydrogen) atoms. The fourth-order valence-corrected chi connectivity index (χ4v) is 1.47. The molecule has 1 saturated heterocycles. The van der Waals surface area contributed by atoms with Crippen LogP contribution < -0.4 is 4.90 Å². The van der Waals surface area contributed by atoms with Crippen molar-refractivity contribution in [2.75, 3.05) is 18.0 Å². The van der Waals surface area contributed by atoms with Gasteiger partial charge < -0.3 is 4.90 Å². The lowest BCUT2D eigenvalue weighted by Gasteiger charge is -2.14. The maximum atomic E-state index is 10.4. The van der Waals surface area contributed by atoms with E-state index in [1.54, 1.807) is 6.07 Å². The second-order valence-corrected chi connectivity index (χ2v) is 3.16. The molecule has 1 radical (unpaired) electrons. The van der Waals surface area contributed by atoms with Gasteiger partial charge >= 0.3 is 0 Å². The van der Waals surface area contributed by atoms with Gasteiger partial charge in [-0.3, -0.25) is 10.1 Å². The average molecular weight is 192 g/mol. The summed E-state index contributed by atoms with van der Waals surface area (Å²) in [6.07, 6.45) is 4.52. The second kappa shape index (κ2) is 3.61. The van der Waals surface area contributed by atoms with E-state index in [1.165, 1.54) is 12.3 Å². The predicted molar refractivity (Wildman–Crippen MR) is 52.0 cm³/mol. The Kier molecular flexibility index (Phi) is 2.30. The number of rotatable bonds is 2. The van der Waals surface area contributed by atoms with Crippen LogP contribution in [0, 0.1) is 16.5 Å². The number of nitro groups is 1. The van der Waals surface area contributed by atoms with E-state index in [-0.39, 0.29) is 5.69 Å². The first kappa shape index (κ1) is 8.93. The molecule has 0 atom stereocenters. The topological polar surface area (TPSA) is 59.3 Å². The predicted octanol–water partition coefficient (Wildman–Crippen LogP) is 1.40. The Balaban J connectivity index is 2.16. The van der Waals surface area contributed by atoms with Crippen molar-refractivity contribution >= 4 is 11.5 Å². The van der Waals surface area contributed by atoms with Gasteiger partial charge in [-0.15, -0.1) is 0 Å². The Hall–Kier alpha value is -1.65. The number of hydrogen-bond acceptors (Lipinski definition) is 4. The summed E-state index contributed by atoms with van der Waals surface area (Å²) in [5.74, 6) is 0.810. The quantitative estimate of drug-likeness (QED) is 0.525. The number of anilines is 1. The van der Waals surface area contributed by atoms with Crippen LogP contribution in [0.15, 0.2) is 18.3 Å². The Labute approximate surface area is 81.5 Å². The van der Waals surface area contributed by atoms with Gasteiger partial charge in [-0.25, -0.2) is 4.98 Å². The lowest BCUT2D eigenvalue weighted by atomic mass is 10.4. The van der Waals surface area contributed by atoms with Crippen molar-refractivity contribution in [2.24, 2.45) is 0 Å². The molecule has 2 rings (SSSR count). The molecule has 73 valence electrons. The standard InChI is InChI=1S/C9H10N3O2/c13-12(14)8-3-4-9(10-7-8)11-5-1-2-6-11/h1,3-4,7H,2,5-6H2. The van der Waals surface area contributed by atoms with Crippen LogP contribution in [0.25, 0.3) is 0 Å². The van der Waals surface area contributed by atoms with Gasteiger partial charge in [-0.2, -0.15) is 0 Å². The third-order valence-electron chi connectivity index (χ3n) is 2.22. The Morgan fingerprint density at radius 2 is 2.36 bits per heavy atom. The summed E-state index contributed by atoms with van der Waals surface area (Å²) in [5, 5.41) is 10.4. The van der Waals surface area contributed by atoms with Crippen LogP contribution in [0.3, 0.4) is 0 Å². The van der Waals surface area contributed by atoms with E-state index >= 15 is 0 Å². The number of hydrogen-bond donors (Lipinski definition) is 0. The molecule has 2 heterocycles. The highest BCUT2D eigenvalue weighted by atomic mass is 16.6. The Morgan fingerprint density at radius 1 is 1.50 bits per heavy atom. The minimum Gasteiger partial charge on any atom is -0.356 e. The first-order chi connectivity index (χ1) is 6.77. The molecule has 0 spiro atoms. The van der Waals surface area contributed by atoms with Gasteiger partial charge in [0.05, 0.1) is 4.92 Å². The highest BCUT2D eigenvalue weighted by molar-refractivity contribution is 5.44. The number of nitrogens with zero attached hydrogens (tertiary/aromatic N) is 3. The van der Waals surface area contributed by atoms with Crippen LogP contribution in [0.2, 0.25) is 0 Å². The van der Waals surface area contributed by atoms with E-state index in [2.05, 4.69) is 16.3 Å². The maximum absolute atomic E-state index is 10.4. The van der Waals surface area contributed by atoms with E-state index in [9.17, 15) is 10.1 Å². The molecule has 1 aromatic rings. The molecule has 0 bridgehead atoms. The van der Waals surface area contributed by atoms with E-state index in [4.69, 9.17) is 0 Å².